The van der Waals surface area contributed by atoms with Crippen LogP contribution in [0, 0.1) is 11.6 Å². The van der Waals surface area contributed by atoms with Gasteiger partial charge in [0, 0.05) is 18.7 Å². The van der Waals surface area contributed by atoms with Gasteiger partial charge in [-0.3, -0.25) is 4.99 Å². The molecule has 2 aliphatic rings. The Labute approximate surface area is 165 Å². The largest absolute Gasteiger partial charge is 0.473 e. The van der Waals surface area contributed by atoms with Crippen molar-refractivity contribution >= 4 is 12.0 Å². The summed E-state index contributed by atoms with van der Waals surface area (Å²) in [6.07, 6.45) is 4.73. The molecule has 1 saturated carbocycles. The van der Waals surface area contributed by atoms with Gasteiger partial charge in [0.05, 0.1) is 11.9 Å². The molecule has 1 atom stereocenters. The predicted molar refractivity (Wildman–Crippen MR) is 101 cm³/mol. The molecule has 0 spiro atoms. The molecule has 0 amide bonds. The lowest BCUT2D eigenvalue weighted by molar-refractivity contribution is 0.156. The zero-order chi connectivity index (χ0) is 20.0. The van der Waals surface area contributed by atoms with Crippen molar-refractivity contribution in [3.8, 4) is 17.3 Å². The summed E-state index contributed by atoms with van der Waals surface area (Å²) in [6.45, 7) is 0.306. The third-order valence-corrected chi connectivity index (χ3v) is 5.43. The molecule has 1 aliphatic heterocycles. The summed E-state index contributed by atoms with van der Waals surface area (Å²) in [4.78, 5) is 4.30. The number of fused-ring (bicyclic) bond motifs is 1. The molecule has 1 aromatic carbocycles. The van der Waals surface area contributed by atoms with Gasteiger partial charge in [-0.25, -0.2) is 8.78 Å². The second-order valence-corrected chi connectivity index (χ2v) is 7.26. The van der Waals surface area contributed by atoms with Gasteiger partial charge in [-0.2, -0.15) is 9.52 Å². The van der Waals surface area contributed by atoms with Gasteiger partial charge < -0.3 is 10.2 Å². The maximum Gasteiger partial charge on any atom is 0.235 e. The van der Waals surface area contributed by atoms with Crippen LogP contribution in [-0.4, -0.2) is 51.0 Å². The third-order valence-electron chi connectivity index (χ3n) is 5.43. The lowest BCUT2D eigenvalue weighted by Crippen LogP contribution is -2.38. The summed E-state index contributed by atoms with van der Waals surface area (Å²) in [5, 5.41) is 14.6. The number of benzene rings is 1. The van der Waals surface area contributed by atoms with E-state index in [1.807, 2.05) is 18.1 Å². The number of nitrogens with one attached hydrogen (secondary N) is 1. The van der Waals surface area contributed by atoms with E-state index < -0.39 is 11.6 Å². The van der Waals surface area contributed by atoms with Gasteiger partial charge in [-0.15, -0.1) is 15.3 Å². The van der Waals surface area contributed by atoms with Crippen LogP contribution in [0.2, 0.25) is 0 Å². The van der Waals surface area contributed by atoms with Gasteiger partial charge in [0.25, 0.3) is 0 Å². The summed E-state index contributed by atoms with van der Waals surface area (Å²) in [6, 6.07) is 5.22. The van der Waals surface area contributed by atoms with E-state index in [2.05, 4.69) is 25.7 Å². The topological polar surface area (TPSA) is 79.9 Å². The molecule has 10 heteroatoms. The van der Waals surface area contributed by atoms with Crippen molar-refractivity contribution in [2.75, 3.05) is 13.7 Å². The molecule has 0 saturated heterocycles. The molecule has 3 aromatic rings. The molecule has 150 valence electrons. The second kappa shape index (κ2) is 7.03. The minimum Gasteiger partial charge on any atom is -0.473 e. The van der Waals surface area contributed by atoms with Crippen LogP contribution < -0.4 is 10.2 Å². The van der Waals surface area contributed by atoms with E-state index >= 15 is 0 Å². The summed E-state index contributed by atoms with van der Waals surface area (Å²) in [7, 11) is 1.87. The van der Waals surface area contributed by atoms with Crippen LogP contribution >= 0.6 is 0 Å². The van der Waals surface area contributed by atoms with Crippen molar-refractivity contribution in [1.82, 2.24) is 30.2 Å². The molecular formula is C19H19F2N7O. The average Bonchev–Trinajstić information content (AvgIpc) is 3.24. The maximum atomic E-state index is 14.3. The van der Waals surface area contributed by atoms with Crippen LogP contribution in [-0.2, 0) is 0 Å². The van der Waals surface area contributed by atoms with E-state index in [-0.39, 0.29) is 17.6 Å². The van der Waals surface area contributed by atoms with E-state index in [1.165, 1.54) is 16.6 Å². The van der Waals surface area contributed by atoms with Gasteiger partial charge in [-0.1, -0.05) is 6.42 Å². The number of hydrogen-bond donors (Lipinski definition) is 1. The van der Waals surface area contributed by atoms with Gasteiger partial charge >= 0.3 is 0 Å². The van der Waals surface area contributed by atoms with Crippen LogP contribution in [0.4, 0.5) is 8.78 Å². The fourth-order valence-corrected chi connectivity index (χ4v) is 3.50. The van der Waals surface area contributed by atoms with Crippen molar-refractivity contribution < 1.29 is 13.5 Å². The molecule has 3 heterocycles. The van der Waals surface area contributed by atoms with Crippen molar-refractivity contribution in [1.29, 1.82) is 0 Å². The molecule has 1 unspecified atom stereocenters. The minimum atomic E-state index is -0.723. The Morgan fingerprint density at radius 3 is 2.76 bits per heavy atom. The zero-order valence-corrected chi connectivity index (χ0v) is 15.7. The molecule has 1 N–H and O–H groups in total. The fourth-order valence-electron chi connectivity index (χ4n) is 3.50. The molecule has 1 aliphatic carbocycles. The minimum absolute atomic E-state index is 0.123. The number of hydrogen-bond acceptors (Lipinski definition) is 7. The number of rotatable bonds is 5. The summed E-state index contributed by atoms with van der Waals surface area (Å²) in [5.74, 6) is -0.367. The number of hydrazine groups is 1. The smallest absolute Gasteiger partial charge is 0.235 e. The van der Waals surface area contributed by atoms with Crippen LogP contribution in [0.25, 0.3) is 17.0 Å². The monoisotopic (exact) mass is 399 g/mol. The normalized spacial score (nSPS) is 19.5. The lowest BCUT2D eigenvalue weighted by atomic mass is 9.80. The number of aromatic nitrogens is 4. The van der Waals surface area contributed by atoms with E-state index in [0.717, 1.165) is 30.9 Å². The number of ether oxygens (including phenoxy) is 1. The van der Waals surface area contributed by atoms with Crippen LogP contribution in [0.1, 0.15) is 30.7 Å². The highest BCUT2D eigenvalue weighted by molar-refractivity contribution is 5.60. The van der Waals surface area contributed by atoms with Crippen molar-refractivity contribution in [3.63, 3.8) is 0 Å². The highest BCUT2D eigenvalue weighted by atomic mass is 19.1. The summed E-state index contributed by atoms with van der Waals surface area (Å²) >= 11 is 0. The highest BCUT2D eigenvalue weighted by Crippen LogP contribution is 2.40. The Bertz CT molecular complexity index is 1100. The van der Waals surface area contributed by atoms with E-state index in [0.29, 0.717) is 24.1 Å². The fraction of sp³-hybridized carbons (Fsp3) is 0.368. The summed E-state index contributed by atoms with van der Waals surface area (Å²) in [5.41, 5.74) is 4.57. The molecule has 0 radical (unpaired) electrons. The molecule has 29 heavy (non-hydrogen) atoms. The van der Waals surface area contributed by atoms with Crippen molar-refractivity contribution in [2.24, 2.45) is 4.99 Å². The van der Waals surface area contributed by atoms with E-state index in [1.54, 1.807) is 6.34 Å². The first-order chi connectivity index (χ1) is 14.1. The first-order valence-electron chi connectivity index (χ1n) is 9.45. The number of halogens is 2. The quantitative estimate of drug-likeness (QED) is 0.710. The standard InChI is InChI=1S/C19H19F2N7O/c1-27-17(22-10-23-27)9-29-19-14(11-3-2-4-11)8-16-24-25-18(28(16)26-19)13-6-5-12(20)7-15(13)21/h5-8,10-11,17H,2-4,9H2,1H3,(H,22,23). The molecular weight excluding hydrogens is 380 g/mol. The van der Waals surface area contributed by atoms with Crippen molar-refractivity contribution in [3.05, 3.63) is 41.5 Å². The van der Waals surface area contributed by atoms with E-state index in [9.17, 15) is 8.78 Å². The van der Waals surface area contributed by atoms with Gasteiger partial charge in [0.2, 0.25) is 5.88 Å². The van der Waals surface area contributed by atoms with Gasteiger partial charge in [0.1, 0.15) is 18.2 Å². The number of likely N-dealkylation sites (N-methyl/N-ethyl adjacent to an activating group) is 1. The third kappa shape index (κ3) is 3.19. The first-order valence-corrected chi connectivity index (χ1v) is 9.45. The molecule has 1 fully saturated rings. The molecule has 2 aromatic heterocycles. The maximum absolute atomic E-state index is 14.3. The zero-order valence-electron chi connectivity index (χ0n) is 15.7. The molecule has 5 rings (SSSR count). The van der Waals surface area contributed by atoms with E-state index in [4.69, 9.17) is 4.74 Å². The van der Waals surface area contributed by atoms with Gasteiger partial charge in [0.15, 0.2) is 17.6 Å². The second-order valence-electron chi connectivity index (χ2n) is 7.26. The Hall–Kier alpha value is -3.14. The summed E-state index contributed by atoms with van der Waals surface area (Å²) < 4.78 is 35.1. The van der Waals surface area contributed by atoms with Crippen LogP contribution in [0.3, 0.4) is 0 Å². The molecule has 8 nitrogen and oxygen atoms in total. The number of aliphatic imine (C=N–C) groups is 1. The average molecular weight is 399 g/mol. The predicted octanol–water partition coefficient (Wildman–Crippen LogP) is 2.52. The van der Waals surface area contributed by atoms with Crippen molar-refractivity contribution in [2.45, 2.75) is 31.3 Å². The SMILES string of the molecule is CN1NC=NC1COc1nn2c(-c3ccc(F)cc3F)nnc2cc1C1CCC1. The number of nitrogens with zero attached hydrogens (tertiary/aromatic N) is 6. The highest BCUT2D eigenvalue weighted by Gasteiger charge is 2.27. The lowest BCUT2D eigenvalue weighted by Gasteiger charge is -2.27. The first kappa shape index (κ1) is 17.9. The Balaban J connectivity index is 1.55. The Morgan fingerprint density at radius 1 is 1.21 bits per heavy atom. The Morgan fingerprint density at radius 2 is 2.07 bits per heavy atom. The molecule has 0 bridgehead atoms. The van der Waals surface area contributed by atoms with Gasteiger partial charge in [-0.05, 0) is 37.0 Å². The van der Waals surface area contributed by atoms with Crippen LogP contribution in [0.5, 0.6) is 5.88 Å². The van der Waals surface area contributed by atoms with Crippen LogP contribution in [0.15, 0.2) is 29.3 Å². The Kier molecular flexibility index (Phi) is 4.35.